The molecule has 0 atom stereocenters. The molecule has 2 aromatic carbocycles. The first-order valence-electron chi connectivity index (χ1n) is 7.50. The molecule has 0 unspecified atom stereocenters. The van der Waals surface area contributed by atoms with Gasteiger partial charge in [0.2, 0.25) is 0 Å². The summed E-state index contributed by atoms with van der Waals surface area (Å²) < 4.78 is 12.8. The average molecular weight is 300 g/mol. The largest absolute Gasteiger partial charge is 0.322 e. The molecule has 3 nitrogen and oxygen atoms in total. The minimum atomic E-state index is -0.350. The summed E-state index contributed by atoms with van der Waals surface area (Å²) in [5.41, 5.74) is 2.38. The van der Waals surface area contributed by atoms with Gasteiger partial charge in [-0.3, -0.25) is 9.69 Å². The molecule has 0 saturated carbocycles. The Labute approximate surface area is 130 Å². The number of halogens is 1. The zero-order valence-electron chi connectivity index (χ0n) is 13.0. The molecule has 0 aliphatic carbocycles. The van der Waals surface area contributed by atoms with Crippen LogP contribution in [0, 0.1) is 5.82 Å². The van der Waals surface area contributed by atoms with Crippen molar-refractivity contribution in [2.24, 2.45) is 0 Å². The smallest absolute Gasteiger partial charge is 0.255 e. The lowest BCUT2D eigenvalue weighted by Gasteiger charge is -2.18. The van der Waals surface area contributed by atoms with Crippen molar-refractivity contribution < 1.29 is 9.18 Å². The van der Waals surface area contributed by atoms with E-state index < -0.39 is 0 Å². The molecular weight excluding hydrogens is 279 g/mol. The maximum atomic E-state index is 12.8. The Balaban J connectivity index is 1.98. The highest BCUT2D eigenvalue weighted by atomic mass is 19.1. The van der Waals surface area contributed by atoms with Gasteiger partial charge in [0, 0.05) is 17.8 Å². The number of benzene rings is 2. The second-order valence-corrected chi connectivity index (χ2v) is 5.12. The van der Waals surface area contributed by atoms with Gasteiger partial charge in [-0.25, -0.2) is 4.39 Å². The zero-order chi connectivity index (χ0) is 15.9. The Kier molecular flexibility index (Phi) is 5.67. The molecule has 1 N–H and O–H groups in total. The van der Waals surface area contributed by atoms with Gasteiger partial charge in [0.05, 0.1) is 0 Å². The molecule has 0 bridgehead atoms. The molecule has 2 aromatic rings. The second-order valence-electron chi connectivity index (χ2n) is 5.12. The number of nitrogens with zero attached hydrogens (tertiary/aromatic N) is 1. The monoisotopic (exact) mass is 300 g/mol. The summed E-state index contributed by atoms with van der Waals surface area (Å²) in [4.78, 5) is 14.4. The van der Waals surface area contributed by atoms with Gasteiger partial charge >= 0.3 is 0 Å². The Bertz CT molecular complexity index is 604. The van der Waals surface area contributed by atoms with E-state index in [0.29, 0.717) is 5.56 Å². The predicted octanol–water partition coefficient (Wildman–Crippen LogP) is 3.92. The lowest BCUT2D eigenvalue weighted by molar-refractivity contribution is 0.102. The number of carbonyl (C=O) groups is 1. The van der Waals surface area contributed by atoms with Gasteiger partial charge in [0.1, 0.15) is 5.82 Å². The first kappa shape index (κ1) is 16.2. The van der Waals surface area contributed by atoms with Crippen molar-refractivity contribution in [2.45, 2.75) is 20.4 Å². The van der Waals surface area contributed by atoms with Crippen LogP contribution in [-0.2, 0) is 6.54 Å². The van der Waals surface area contributed by atoms with E-state index >= 15 is 0 Å². The minimum absolute atomic E-state index is 0.239. The third-order valence-corrected chi connectivity index (χ3v) is 3.62. The third-order valence-electron chi connectivity index (χ3n) is 3.62. The van der Waals surface area contributed by atoms with Crippen molar-refractivity contribution >= 4 is 11.6 Å². The van der Waals surface area contributed by atoms with E-state index in [2.05, 4.69) is 24.1 Å². The Morgan fingerprint density at radius 3 is 2.14 bits per heavy atom. The summed E-state index contributed by atoms with van der Waals surface area (Å²) >= 11 is 0. The van der Waals surface area contributed by atoms with Crippen LogP contribution in [0.3, 0.4) is 0 Å². The van der Waals surface area contributed by atoms with E-state index in [1.54, 1.807) is 0 Å². The normalized spacial score (nSPS) is 10.7. The maximum Gasteiger partial charge on any atom is 0.255 e. The molecule has 0 saturated heterocycles. The van der Waals surface area contributed by atoms with Gasteiger partial charge < -0.3 is 5.32 Å². The summed E-state index contributed by atoms with van der Waals surface area (Å²) in [5, 5.41) is 2.81. The molecule has 0 heterocycles. The van der Waals surface area contributed by atoms with E-state index in [9.17, 15) is 9.18 Å². The van der Waals surface area contributed by atoms with Crippen LogP contribution >= 0.6 is 0 Å². The molecule has 1 amide bonds. The molecule has 0 aromatic heterocycles. The third kappa shape index (κ3) is 4.40. The molecule has 0 spiro atoms. The molecule has 2 rings (SSSR count). The molecule has 0 radical (unpaired) electrons. The quantitative estimate of drug-likeness (QED) is 0.877. The van der Waals surface area contributed by atoms with Gasteiger partial charge in [-0.15, -0.1) is 0 Å². The fourth-order valence-electron chi connectivity index (χ4n) is 2.20. The maximum absolute atomic E-state index is 12.8. The molecule has 22 heavy (non-hydrogen) atoms. The summed E-state index contributed by atoms with van der Waals surface area (Å²) in [5.74, 6) is -0.589. The summed E-state index contributed by atoms with van der Waals surface area (Å²) in [7, 11) is 0. The van der Waals surface area contributed by atoms with Crippen LogP contribution in [0.2, 0.25) is 0 Å². The van der Waals surface area contributed by atoms with Crippen molar-refractivity contribution in [3.63, 3.8) is 0 Å². The van der Waals surface area contributed by atoms with E-state index in [4.69, 9.17) is 0 Å². The predicted molar refractivity (Wildman–Crippen MR) is 87.4 cm³/mol. The molecular formula is C18H21FN2O. The van der Waals surface area contributed by atoms with Crippen molar-refractivity contribution in [3.8, 4) is 0 Å². The molecule has 0 aliphatic heterocycles. The highest BCUT2D eigenvalue weighted by molar-refractivity contribution is 6.04. The standard InChI is InChI=1S/C18H21FN2O/c1-3-21(4-2)13-14-5-11-17(12-6-14)20-18(22)15-7-9-16(19)10-8-15/h5-12H,3-4,13H2,1-2H3,(H,20,22). The van der Waals surface area contributed by atoms with Crippen LogP contribution in [0.4, 0.5) is 10.1 Å². The SMILES string of the molecule is CCN(CC)Cc1ccc(NC(=O)c2ccc(F)cc2)cc1. The number of hydrogen-bond acceptors (Lipinski definition) is 2. The van der Waals surface area contributed by atoms with Gasteiger partial charge in [-0.2, -0.15) is 0 Å². The van der Waals surface area contributed by atoms with Crippen molar-refractivity contribution in [1.29, 1.82) is 0 Å². The van der Waals surface area contributed by atoms with Gasteiger partial charge in [0.25, 0.3) is 5.91 Å². The van der Waals surface area contributed by atoms with Crippen molar-refractivity contribution in [3.05, 3.63) is 65.5 Å². The van der Waals surface area contributed by atoms with Gasteiger partial charge in [-0.1, -0.05) is 26.0 Å². The zero-order valence-corrected chi connectivity index (χ0v) is 13.0. The number of amides is 1. The topological polar surface area (TPSA) is 32.3 Å². The number of nitrogens with one attached hydrogen (secondary N) is 1. The molecule has 4 heteroatoms. The van der Waals surface area contributed by atoms with Crippen LogP contribution in [0.1, 0.15) is 29.8 Å². The summed E-state index contributed by atoms with van der Waals surface area (Å²) in [6.07, 6.45) is 0. The number of carbonyl (C=O) groups excluding carboxylic acids is 1. The van der Waals surface area contributed by atoms with Crippen LogP contribution in [0.25, 0.3) is 0 Å². The molecule has 116 valence electrons. The van der Waals surface area contributed by atoms with Crippen LogP contribution in [0.15, 0.2) is 48.5 Å². The number of anilines is 1. The number of rotatable bonds is 6. The lowest BCUT2D eigenvalue weighted by Crippen LogP contribution is -2.22. The Hall–Kier alpha value is -2.20. The first-order valence-corrected chi connectivity index (χ1v) is 7.50. The van der Waals surface area contributed by atoms with Crippen molar-refractivity contribution in [1.82, 2.24) is 4.90 Å². The highest BCUT2D eigenvalue weighted by Crippen LogP contribution is 2.13. The van der Waals surface area contributed by atoms with Gasteiger partial charge in [0.15, 0.2) is 0 Å². The highest BCUT2D eigenvalue weighted by Gasteiger charge is 2.06. The Morgan fingerprint density at radius 2 is 1.59 bits per heavy atom. The minimum Gasteiger partial charge on any atom is -0.322 e. The van der Waals surface area contributed by atoms with Crippen LogP contribution < -0.4 is 5.32 Å². The van der Waals surface area contributed by atoms with Crippen LogP contribution in [-0.4, -0.2) is 23.9 Å². The second kappa shape index (κ2) is 7.71. The lowest BCUT2D eigenvalue weighted by atomic mass is 10.1. The Morgan fingerprint density at radius 1 is 1.00 bits per heavy atom. The average Bonchev–Trinajstić information content (AvgIpc) is 2.54. The fraction of sp³-hybridized carbons (Fsp3) is 0.278. The fourth-order valence-corrected chi connectivity index (χ4v) is 2.20. The summed E-state index contributed by atoms with van der Waals surface area (Å²) in [6, 6.07) is 13.3. The molecule has 0 aliphatic rings. The van der Waals surface area contributed by atoms with E-state index in [0.717, 1.165) is 25.3 Å². The van der Waals surface area contributed by atoms with E-state index in [1.165, 1.54) is 29.8 Å². The van der Waals surface area contributed by atoms with E-state index in [1.807, 2.05) is 24.3 Å². The summed E-state index contributed by atoms with van der Waals surface area (Å²) in [6.45, 7) is 7.21. The molecule has 0 fully saturated rings. The van der Waals surface area contributed by atoms with Crippen molar-refractivity contribution in [2.75, 3.05) is 18.4 Å². The van der Waals surface area contributed by atoms with Gasteiger partial charge in [-0.05, 0) is 55.1 Å². The van der Waals surface area contributed by atoms with Crippen LogP contribution in [0.5, 0.6) is 0 Å². The number of hydrogen-bond donors (Lipinski definition) is 1. The van der Waals surface area contributed by atoms with E-state index in [-0.39, 0.29) is 11.7 Å². The first-order chi connectivity index (χ1) is 10.6.